The van der Waals surface area contributed by atoms with Gasteiger partial charge in [-0.15, -0.1) is 0 Å². The van der Waals surface area contributed by atoms with Gasteiger partial charge in [-0.2, -0.15) is 0 Å². The van der Waals surface area contributed by atoms with Crippen molar-refractivity contribution in [2.24, 2.45) is 29.6 Å². The molecule has 3 rings (SSSR count). The van der Waals surface area contributed by atoms with E-state index in [1.165, 1.54) is 83.5 Å². The highest BCUT2D eigenvalue weighted by Gasteiger charge is 2.30. The molecule has 25 heavy (non-hydrogen) atoms. The average Bonchev–Trinajstić information content (AvgIpc) is 2.68. The van der Waals surface area contributed by atoms with Gasteiger partial charge in [0.25, 0.3) is 0 Å². The summed E-state index contributed by atoms with van der Waals surface area (Å²) < 4.78 is 5.76. The van der Waals surface area contributed by atoms with E-state index in [1.807, 2.05) is 0 Å². The van der Waals surface area contributed by atoms with Gasteiger partial charge < -0.3 is 4.74 Å². The highest BCUT2D eigenvalue weighted by molar-refractivity contribution is 5.09. The van der Waals surface area contributed by atoms with Gasteiger partial charge in [0.05, 0.1) is 6.10 Å². The van der Waals surface area contributed by atoms with Gasteiger partial charge in [-0.05, 0) is 88.9 Å². The summed E-state index contributed by atoms with van der Waals surface area (Å²) in [5.41, 5.74) is 0. The molecule has 142 valence electrons. The van der Waals surface area contributed by atoms with Crippen LogP contribution in [0.1, 0.15) is 97.3 Å². The fourth-order valence-corrected chi connectivity index (χ4v) is 5.65. The van der Waals surface area contributed by atoms with Crippen molar-refractivity contribution in [3.63, 3.8) is 0 Å². The highest BCUT2D eigenvalue weighted by atomic mass is 16.5. The van der Waals surface area contributed by atoms with Crippen LogP contribution in [-0.2, 0) is 4.74 Å². The molecule has 0 N–H and O–H groups in total. The first kappa shape index (κ1) is 19.3. The Kier molecular flexibility index (Phi) is 7.72. The Balaban J connectivity index is 1.36. The molecule has 0 saturated heterocycles. The second-order valence-electron chi connectivity index (χ2n) is 9.02. The van der Waals surface area contributed by atoms with Gasteiger partial charge >= 0.3 is 0 Å². The Morgan fingerprint density at radius 3 is 1.60 bits per heavy atom. The maximum atomic E-state index is 5.76. The summed E-state index contributed by atoms with van der Waals surface area (Å²) in [5.74, 6) is 11.8. The number of rotatable bonds is 4. The fourth-order valence-electron chi connectivity index (χ4n) is 5.65. The van der Waals surface area contributed by atoms with Crippen molar-refractivity contribution in [3.05, 3.63) is 0 Å². The van der Waals surface area contributed by atoms with E-state index in [9.17, 15) is 0 Å². The van der Waals surface area contributed by atoms with Crippen molar-refractivity contribution in [2.45, 2.75) is 103 Å². The predicted octanol–water partition coefficient (Wildman–Crippen LogP) is 6.61. The average molecular weight is 345 g/mol. The van der Waals surface area contributed by atoms with Crippen LogP contribution in [0.4, 0.5) is 0 Å². The molecule has 3 fully saturated rings. The Bertz CT molecular complexity index is 421. The van der Waals surface area contributed by atoms with Gasteiger partial charge in [0.1, 0.15) is 0 Å². The lowest BCUT2D eigenvalue weighted by Crippen LogP contribution is -2.25. The van der Waals surface area contributed by atoms with Crippen molar-refractivity contribution in [1.82, 2.24) is 0 Å². The first-order valence-corrected chi connectivity index (χ1v) is 11.4. The number of hydrogen-bond donors (Lipinski definition) is 0. The molecule has 0 aromatic rings. The van der Waals surface area contributed by atoms with Crippen LogP contribution >= 0.6 is 0 Å². The third-order valence-electron chi connectivity index (χ3n) is 7.48. The minimum absolute atomic E-state index is 0.515. The molecule has 0 unspecified atom stereocenters. The summed E-state index contributed by atoms with van der Waals surface area (Å²) in [7, 11) is 0. The zero-order chi connectivity index (χ0) is 17.5. The number of ether oxygens (including phenoxy) is 1. The maximum Gasteiger partial charge on any atom is 0.0575 e. The Morgan fingerprint density at radius 1 is 0.640 bits per heavy atom. The third kappa shape index (κ3) is 5.75. The Labute approximate surface area is 156 Å². The predicted molar refractivity (Wildman–Crippen MR) is 106 cm³/mol. The minimum Gasteiger partial charge on any atom is -0.379 e. The van der Waals surface area contributed by atoms with Gasteiger partial charge in [-0.1, -0.05) is 38.0 Å². The molecule has 0 radical (unpaired) electrons. The van der Waals surface area contributed by atoms with Gasteiger partial charge in [0.15, 0.2) is 0 Å². The molecule has 0 heterocycles. The van der Waals surface area contributed by atoms with Crippen molar-refractivity contribution in [1.29, 1.82) is 0 Å². The Morgan fingerprint density at radius 2 is 1.12 bits per heavy atom. The molecule has 3 saturated carbocycles. The van der Waals surface area contributed by atoms with E-state index in [-0.39, 0.29) is 0 Å². The molecule has 0 aromatic carbocycles. The molecule has 3 aliphatic carbocycles. The second-order valence-corrected chi connectivity index (χ2v) is 9.02. The minimum atomic E-state index is 0.515. The van der Waals surface area contributed by atoms with Crippen LogP contribution in [0.5, 0.6) is 0 Å². The molecule has 0 aliphatic heterocycles. The van der Waals surface area contributed by atoms with Crippen LogP contribution < -0.4 is 0 Å². The lowest BCUT2D eigenvalue weighted by molar-refractivity contribution is 0.0310. The molecule has 3 aliphatic rings. The topological polar surface area (TPSA) is 9.23 Å². The summed E-state index contributed by atoms with van der Waals surface area (Å²) in [4.78, 5) is 0. The lowest BCUT2D eigenvalue weighted by Gasteiger charge is -2.37. The van der Waals surface area contributed by atoms with Gasteiger partial charge in [0.2, 0.25) is 0 Å². The first-order valence-electron chi connectivity index (χ1n) is 11.4. The van der Waals surface area contributed by atoms with E-state index in [2.05, 4.69) is 25.7 Å². The monoisotopic (exact) mass is 344 g/mol. The standard InChI is InChI=1S/C24H40O/c1-3-19-7-13-22(14-8-19)23-15-9-20(10-16-23)5-6-21-11-17-24(18-12-21)25-4-2/h19-24H,3-4,7-18H2,1-2H3. The van der Waals surface area contributed by atoms with Crippen LogP contribution in [0.25, 0.3) is 0 Å². The van der Waals surface area contributed by atoms with Crippen LogP contribution in [0, 0.1) is 41.4 Å². The molecule has 0 amide bonds. The van der Waals surface area contributed by atoms with Crippen LogP contribution in [0.2, 0.25) is 0 Å². The quantitative estimate of drug-likeness (QED) is 0.521. The Hall–Kier alpha value is -0.480. The van der Waals surface area contributed by atoms with Crippen LogP contribution in [0.3, 0.4) is 0 Å². The second kappa shape index (κ2) is 10.0. The van der Waals surface area contributed by atoms with Crippen molar-refractivity contribution in [3.8, 4) is 11.8 Å². The zero-order valence-electron chi connectivity index (χ0n) is 16.8. The van der Waals surface area contributed by atoms with E-state index in [1.54, 1.807) is 0 Å². The van der Waals surface area contributed by atoms with E-state index in [0.29, 0.717) is 17.9 Å². The normalized spacial score (nSPS) is 39.4. The summed E-state index contributed by atoms with van der Waals surface area (Å²) in [5, 5.41) is 0. The molecular weight excluding hydrogens is 304 g/mol. The van der Waals surface area contributed by atoms with E-state index >= 15 is 0 Å². The van der Waals surface area contributed by atoms with E-state index in [0.717, 1.165) is 24.4 Å². The molecule has 0 atom stereocenters. The molecular formula is C24H40O. The smallest absolute Gasteiger partial charge is 0.0575 e. The molecule has 0 bridgehead atoms. The maximum absolute atomic E-state index is 5.76. The van der Waals surface area contributed by atoms with E-state index in [4.69, 9.17) is 4.74 Å². The SMILES string of the molecule is CCOC1CCC(C#CC2CCC(C3CCC(CC)CC3)CC2)CC1. The van der Waals surface area contributed by atoms with Gasteiger partial charge in [-0.25, -0.2) is 0 Å². The fraction of sp³-hybridized carbons (Fsp3) is 0.917. The van der Waals surface area contributed by atoms with Crippen molar-refractivity contribution >= 4 is 0 Å². The molecule has 0 aromatic heterocycles. The zero-order valence-corrected chi connectivity index (χ0v) is 16.8. The molecule has 0 spiro atoms. The van der Waals surface area contributed by atoms with Crippen LogP contribution in [-0.4, -0.2) is 12.7 Å². The van der Waals surface area contributed by atoms with Gasteiger partial charge in [-0.3, -0.25) is 0 Å². The first-order chi connectivity index (χ1) is 12.3. The lowest BCUT2D eigenvalue weighted by atomic mass is 9.69. The van der Waals surface area contributed by atoms with Crippen molar-refractivity contribution in [2.75, 3.05) is 6.61 Å². The summed E-state index contributed by atoms with van der Waals surface area (Å²) in [6.07, 6.45) is 18.6. The van der Waals surface area contributed by atoms with Crippen LogP contribution in [0.15, 0.2) is 0 Å². The van der Waals surface area contributed by atoms with Gasteiger partial charge in [0, 0.05) is 18.4 Å². The number of hydrogen-bond acceptors (Lipinski definition) is 1. The largest absolute Gasteiger partial charge is 0.379 e. The molecule has 1 nitrogen and oxygen atoms in total. The molecule has 1 heteroatoms. The highest BCUT2D eigenvalue weighted by Crippen LogP contribution is 2.41. The summed E-state index contributed by atoms with van der Waals surface area (Å²) >= 11 is 0. The third-order valence-corrected chi connectivity index (χ3v) is 7.48. The van der Waals surface area contributed by atoms with Crippen molar-refractivity contribution < 1.29 is 4.74 Å². The summed E-state index contributed by atoms with van der Waals surface area (Å²) in [6, 6.07) is 0. The van der Waals surface area contributed by atoms with E-state index < -0.39 is 0 Å². The summed E-state index contributed by atoms with van der Waals surface area (Å²) in [6.45, 7) is 5.35.